The highest BCUT2D eigenvalue weighted by Gasteiger charge is 2.43. The van der Waals surface area contributed by atoms with Crippen molar-refractivity contribution in [2.24, 2.45) is 89.2 Å². The predicted molar refractivity (Wildman–Crippen MR) is 294 cm³/mol. The Kier molecular flexibility index (Phi) is 22.6. The molecule has 0 saturated heterocycles. The van der Waals surface area contributed by atoms with Crippen molar-refractivity contribution in [3.63, 3.8) is 0 Å². The Morgan fingerprint density at radius 3 is 0.906 bits per heavy atom. The molecule has 0 radical (unpaired) electrons. The van der Waals surface area contributed by atoms with E-state index in [1.807, 2.05) is 0 Å². The predicted octanol–water partition coefficient (Wildman–Crippen LogP) is 22.7. The highest BCUT2D eigenvalue weighted by molar-refractivity contribution is 4.94. The van der Waals surface area contributed by atoms with Gasteiger partial charge in [0.25, 0.3) is 0 Å². The normalized spacial score (nSPS) is 30.5. The maximum Gasteiger partial charge on any atom is -0.0323 e. The first-order valence-corrected chi connectivity index (χ1v) is 28.4. The zero-order valence-corrected chi connectivity index (χ0v) is 50.2. The summed E-state index contributed by atoms with van der Waals surface area (Å²) in [5.41, 5.74) is 6.42. The lowest BCUT2D eigenvalue weighted by Crippen LogP contribution is -2.38. The summed E-state index contributed by atoms with van der Waals surface area (Å²) in [6, 6.07) is 0. The molecule has 0 N–H and O–H groups in total. The van der Waals surface area contributed by atoms with E-state index >= 15 is 0 Å². The van der Waals surface area contributed by atoms with Crippen molar-refractivity contribution < 1.29 is 0 Å². The average Bonchev–Trinajstić information content (AvgIpc) is 3.02. The first-order valence-electron chi connectivity index (χ1n) is 28.4. The van der Waals surface area contributed by atoms with E-state index in [4.69, 9.17) is 0 Å². The molecule has 0 aromatic rings. The third-order valence-corrected chi connectivity index (χ3v) is 18.5. The van der Waals surface area contributed by atoms with Gasteiger partial charge in [-0.05, 0) is 179 Å². The van der Waals surface area contributed by atoms with Gasteiger partial charge < -0.3 is 0 Å². The molecule has 6 rings (SSSR count). The third kappa shape index (κ3) is 24.0. The summed E-state index contributed by atoms with van der Waals surface area (Å²) in [7, 11) is 0. The lowest BCUT2D eigenvalue weighted by atomic mass is 9.56. The molecule has 0 aliphatic heterocycles. The van der Waals surface area contributed by atoms with Crippen LogP contribution in [0, 0.1) is 89.2 Å². The summed E-state index contributed by atoms with van der Waals surface area (Å²) in [4.78, 5) is 0. The monoisotopic (exact) mass is 897 g/mol. The van der Waals surface area contributed by atoms with Crippen molar-refractivity contribution in [1.82, 2.24) is 0 Å². The molecule has 6 saturated carbocycles. The molecule has 384 valence electrons. The standard InChI is InChI=1S/2C12H24.2C11H22.2C9H18/c1-10(2)7-11(3,4)9-12(5,6)8-10;1-6-10-7-11(2,3)9-12(4,5)8-10;1-9-6-10(2,3)8-11(4,5)7-9;1-9-10(2,3)7-6-8-11(9,4)5;1-8-4-6-9(2,3)7-5-8;1-8-6-4-5-7-9(8,2)3/h7-9H2,1-6H3;10H,6-9H2,1-5H3;2*9H,6-8H2,1-5H3;2*8H,4-7H2,1-3H3/t;;;;;8-/m.....1/s1. The summed E-state index contributed by atoms with van der Waals surface area (Å²) in [6.07, 6.45) is 29.8. The van der Waals surface area contributed by atoms with E-state index in [2.05, 4.69) is 187 Å². The molecule has 6 aliphatic rings. The summed E-state index contributed by atoms with van der Waals surface area (Å²) in [5, 5.41) is 0. The van der Waals surface area contributed by atoms with Crippen LogP contribution in [0.15, 0.2) is 0 Å². The van der Waals surface area contributed by atoms with Gasteiger partial charge in [-0.1, -0.05) is 232 Å². The molecule has 0 nitrogen and oxygen atoms in total. The van der Waals surface area contributed by atoms with Crippen LogP contribution in [-0.2, 0) is 0 Å². The maximum absolute atomic E-state index is 2.43. The van der Waals surface area contributed by atoms with Crippen LogP contribution < -0.4 is 0 Å². The second kappa shape index (κ2) is 23.3. The number of hydrogen-bond acceptors (Lipinski definition) is 0. The Balaban J connectivity index is 0.000000385. The minimum absolute atomic E-state index is 0.547. The van der Waals surface area contributed by atoms with Gasteiger partial charge in [0.05, 0.1) is 0 Å². The van der Waals surface area contributed by atoms with E-state index in [9.17, 15) is 0 Å². The van der Waals surface area contributed by atoms with E-state index < -0.39 is 0 Å². The Hall–Kier alpha value is 0. The van der Waals surface area contributed by atoms with Crippen LogP contribution in [0.4, 0.5) is 0 Å². The molecule has 0 unspecified atom stereocenters. The van der Waals surface area contributed by atoms with Crippen LogP contribution in [0.1, 0.15) is 322 Å². The fourth-order valence-corrected chi connectivity index (χ4v) is 16.5. The van der Waals surface area contributed by atoms with Gasteiger partial charge >= 0.3 is 0 Å². The summed E-state index contributed by atoms with van der Waals surface area (Å²) < 4.78 is 0. The van der Waals surface area contributed by atoms with Gasteiger partial charge in [0.15, 0.2) is 0 Å². The molecule has 0 aromatic carbocycles. The zero-order chi connectivity index (χ0) is 50.2. The van der Waals surface area contributed by atoms with E-state index in [-0.39, 0.29) is 0 Å². The SMILES string of the molecule is CC1(C)CC(C)(C)CC(C)(C)C1.CC1C(C)(C)CCCC1(C)C.CC1CC(C)(C)CC(C)(C)C1.CC1CCC(C)(C)CC1.CCC1CC(C)(C)CC(C)(C)C1.C[C@@H]1CCCCC1(C)C. The first kappa shape index (κ1) is 62.0. The van der Waals surface area contributed by atoms with Gasteiger partial charge in [-0.2, -0.15) is 0 Å². The smallest absolute Gasteiger partial charge is 0.0323 e. The molecular weight excluding hydrogens is 769 g/mol. The van der Waals surface area contributed by atoms with Crippen LogP contribution in [0.25, 0.3) is 0 Å². The Morgan fingerprint density at radius 2 is 0.641 bits per heavy atom. The molecule has 6 fully saturated rings. The van der Waals surface area contributed by atoms with Crippen molar-refractivity contribution in [1.29, 1.82) is 0 Å². The zero-order valence-electron chi connectivity index (χ0n) is 50.2. The summed E-state index contributed by atoms with van der Waals surface area (Å²) >= 11 is 0. The molecule has 0 heterocycles. The van der Waals surface area contributed by atoms with Crippen LogP contribution >= 0.6 is 0 Å². The van der Waals surface area contributed by atoms with Crippen LogP contribution in [0.5, 0.6) is 0 Å². The molecule has 0 aromatic heterocycles. The first-order chi connectivity index (χ1) is 28.4. The molecule has 0 spiro atoms. The van der Waals surface area contributed by atoms with Crippen molar-refractivity contribution in [2.45, 2.75) is 322 Å². The molecule has 1 atom stereocenters. The topological polar surface area (TPSA) is 0 Å². The Morgan fingerprint density at radius 1 is 0.312 bits per heavy atom. The van der Waals surface area contributed by atoms with Gasteiger partial charge in [-0.25, -0.2) is 0 Å². The number of hydrogen-bond donors (Lipinski definition) is 0. The van der Waals surface area contributed by atoms with Gasteiger partial charge in [0.2, 0.25) is 0 Å². The maximum atomic E-state index is 2.43. The van der Waals surface area contributed by atoms with E-state index in [0.29, 0.717) is 59.6 Å². The minimum atomic E-state index is 0.547. The molecule has 0 amide bonds. The van der Waals surface area contributed by atoms with Crippen molar-refractivity contribution >= 4 is 0 Å². The molecule has 6 aliphatic carbocycles. The van der Waals surface area contributed by atoms with Crippen LogP contribution in [0.2, 0.25) is 0 Å². The van der Waals surface area contributed by atoms with Gasteiger partial charge in [0, 0.05) is 0 Å². The third-order valence-electron chi connectivity index (χ3n) is 18.5. The average molecular weight is 898 g/mol. The van der Waals surface area contributed by atoms with Gasteiger partial charge in [-0.15, -0.1) is 0 Å². The molecule has 0 heteroatoms. The molecular formula is C64H128. The summed E-state index contributed by atoms with van der Waals surface area (Å²) in [5.74, 6) is 4.71. The fourth-order valence-electron chi connectivity index (χ4n) is 16.5. The quantitative estimate of drug-likeness (QED) is 0.246. The van der Waals surface area contributed by atoms with Crippen molar-refractivity contribution in [3.05, 3.63) is 0 Å². The Bertz CT molecular complexity index is 1210. The van der Waals surface area contributed by atoms with E-state index in [0.717, 1.165) is 29.6 Å². The van der Waals surface area contributed by atoms with Crippen molar-refractivity contribution in [2.75, 3.05) is 0 Å². The highest BCUT2D eigenvalue weighted by Crippen LogP contribution is 2.54. The van der Waals surface area contributed by atoms with E-state index in [1.54, 1.807) is 0 Å². The minimum Gasteiger partial charge on any atom is -0.0651 e. The fraction of sp³-hybridized carbons (Fsp3) is 1.00. The second-order valence-electron chi connectivity index (χ2n) is 33.3. The molecule has 64 heavy (non-hydrogen) atoms. The van der Waals surface area contributed by atoms with Gasteiger partial charge in [-0.3, -0.25) is 0 Å². The van der Waals surface area contributed by atoms with Gasteiger partial charge in [0.1, 0.15) is 0 Å². The molecule has 0 bridgehead atoms. The van der Waals surface area contributed by atoms with Crippen LogP contribution in [0.3, 0.4) is 0 Å². The van der Waals surface area contributed by atoms with Crippen molar-refractivity contribution in [3.8, 4) is 0 Å². The Labute approximate surface area is 409 Å². The van der Waals surface area contributed by atoms with Crippen LogP contribution in [-0.4, -0.2) is 0 Å². The summed E-state index contributed by atoms with van der Waals surface area (Å²) in [6.45, 7) is 64.9. The number of rotatable bonds is 1. The lowest BCUT2D eigenvalue weighted by molar-refractivity contribution is 0.0202. The second-order valence-corrected chi connectivity index (χ2v) is 33.3. The highest BCUT2D eigenvalue weighted by atomic mass is 14.5. The lowest BCUT2D eigenvalue weighted by Gasteiger charge is -2.49. The largest absolute Gasteiger partial charge is 0.0651 e. The van der Waals surface area contributed by atoms with E-state index in [1.165, 1.54) is 135 Å².